The summed E-state index contributed by atoms with van der Waals surface area (Å²) in [5, 5.41) is 3.65. The molecule has 0 aromatic heterocycles. The van der Waals surface area contributed by atoms with E-state index in [2.05, 4.69) is 5.32 Å². The largest absolute Gasteiger partial charge is 0.339 e. The molecule has 30 heavy (non-hydrogen) atoms. The normalized spacial score (nSPS) is 16.8. The van der Waals surface area contributed by atoms with E-state index in [-0.39, 0.29) is 24.1 Å². The topological polar surface area (TPSA) is 49.4 Å². The summed E-state index contributed by atoms with van der Waals surface area (Å²) < 4.78 is 0. The maximum atomic E-state index is 13.2. The third-order valence-corrected chi connectivity index (χ3v) is 6.35. The first-order valence-electron chi connectivity index (χ1n) is 10.8. The molecule has 0 atom stereocenters. The first-order chi connectivity index (χ1) is 14.0. The Labute approximate surface area is 185 Å². The number of rotatable bonds is 6. The van der Waals surface area contributed by atoms with Crippen molar-refractivity contribution in [1.82, 2.24) is 10.2 Å². The third kappa shape index (κ3) is 5.11. The summed E-state index contributed by atoms with van der Waals surface area (Å²) in [6.07, 6.45) is 4.67. The molecule has 2 aliphatic rings. The van der Waals surface area contributed by atoms with Crippen LogP contribution >= 0.6 is 12.4 Å². The van der Waals surface area contributed by atoms with Gasteiger partial charge in [-0.15, -0.1) is 12.4 Å². The highest BCUT2D eigenvalue weighted by Gasteiger charge is 2.28. The van der Waals surface area contributed by atoms with E-state index in [1.54, 1.807) is 12.1 Å². The van der Waals surface area contributed by atoms with E-state index in [1.165, 1.54) is 12.8 Å². The Hall–Kier alpha value is -2.17. The standard InChI is InChI=1S/C25H30N2O2.ClH/c1-17-7-10-20(15-18(17)2)24(28)22-5-3-4-6-23(22)25(29)27-13-11-21(12-14-27)26-16-19-8-9-19;/h3-7,10,15,19,21,26H,8-9,11-14,16H2,1-2H3;1H. The minimum atomic E-state index is -0.0852. The number of benzene rings is 2. The van der Waals surface area contributed by atoms with Crippen molar-refractivity contribution in [1.29, 1.82) is 0 Å². The van der Waals surface area contributed by atoms with Crippen molar-refractivity contribution in [3.8, 4) is 0 Å². The fraction of sp³-hybridized carbons (Fsp3) is 0.440. The number of ketones is 1. The molecule has 1 saturated heterocycles. The highest BCUT2D eigenvalue weighted by molar-refractivity contribution is 6.15. The highest BCUT2D eigenvalue weighted by atomic mass is 35.5. The SMILES string of the molecule is Cc1ccc(C(=O)c2ccccc2C(=O)N2CCC(NCC3CC3)CC2)cc1C.Cl. The average molecular weight is 427 g/mol. The monoisotopic (exact) mass is 426 g/mol. The van der Waals surface area contributed by atoms with Crippen LogP contribution in [0.3, 0.4) is 0 Å². The molecular weight excluding hydrogens is 396 g/mol. The molecule has 0 bridgehead atoms. The van der Waals surface area contributed by atoms with Gasteiger partial charge in [-0.05, 0) is 75.3 Å². The number of piperidine rings is 1. The summed E-state index contributed by atoms with van der Waals surface area (Å²) in [5.74, 6) is 0.759. The Morgan fingerprint density at radius 1 is 0.933 bits per heavy atom. The van der Waals surface area contributed by atoms with Gasteiger partial charge in [0, 0.05) is 30.3 Å². The number of amides is 1. The van der Waals surface area contributed by atoms with E-state index in [0.29, 0.717) is 22.7 Å². The number of aryl methyl sites for hydroxylation is 2. The molecule has 1 aliphatic heterocycles. The van der Waals surface area contributed by atoms with Gasteiger partial charge in [0.15, 0.2) is 5.78 Å². The van der Waals surface area contributed by atoms with Crippen molar-refractivity contribution >= 4 is 24.1 Å². The van der Waals surface area contributed by atoms with Crippen LogP contribution in [0.2, 0.25) is 0 Å². The maximum absolute atomic E-state index is 13.2. The number of hydrogen-bond donors (Lipinski definition) is 1. The Balaban J connectivity index is 0.00000256. The quantitative estimate of drug-likeness (QED) is 0.689. The van der Waals surface area contributed by atoms with Gasteiger partial charge in [-0.25, -0.2) is 0 Å². The van der Waals surface area contributed by atoms with Crippen LogP contribution in [0.25, 0.3) is 0 Å². The molecule has 5 heteroatoms. The van der Waals surface area contributed by atoms with Crippen molar-refractivity contribution < 1.29 is 9.59 Å². The molecule has 1 heterocycles. The molecule has 4 rings (SSSR count). The van der Waals surface area contributed by atoms with E-state index in [1.807, 2.05) is 49.1 Å². The van der Waals surface area contributed by atoms with Crippen LogP contribution in [0.15, 0.2) is 42.5 Å². The molecular formula is C25H31ClN2O2. The van der Waals surface area contributed by atoms with E-state index < -0.39 is 0 Å². The van der Waals surface area contributed by atoms with Crippen LogP contribution in [0.4, 0.5) is 0 Å². The van der Waals surface area contributed by atoms with E-state index in [4.69, 9.17) is 0 Å². The van der Waals surface area contributed by atoms with Gasteiger partial charge in [-0.3, -0.25) is 9.59 Å². The Morgan fingerprint density at radius 3 is 2.23 bits per heavy atom. The zero-order chi connectivity index (χ0) is 20.4. The number of hydrogen-bond acceptors (Lipinski definition) is 3. The molecule has 2 aromatic rings. The minimum Gasteiger partial charge on any atom is -0.339 e. The van der Waals surface area contributed by atoms with Gasteiger partial charge in [0.25, 0.3) is 5.91 Å². The van der Waals surface area contributed by atoms with Crippen LogP contribution in [-0.2, 0) is 0 Å². The van der Waals surface area contributed by atoms with Crippen LogP contribution in [0.5, 0.6) is 0 Å². The maximum Gasteiger partial charge on any atom is 0.254 e. The first-order valence-corrected chi connectivity index (χ1v) is 10.8. The van der Waals surface area contributed by atoms with Crippen molar-refractivity contribution in [2.75, 3.05) is 19.6 Å². The van der Waals surface area contributed by atoms with Gasteiger partial charge < -0.3 is 10.2 Å². The fourth-order valence-electron chi connectivity index (χ4n) is 4.02. The predicted molar refractivity (Wildman–Crippen MR) is 123 cm³/mol. The Bertz CT molecular complexity index is 915. The van der Waals surface area contributed by atoms with E-state index in [9.17, 15) is 9.59 Å². The van der Waals surface area contributed by atoms with Crippen LogP contribution < -0.4 is 5.32 Å². The summed E-state index contributed by atoms with van der Waals surface area (Å²) in [5.41, 5.74) is 3.88. The number of carbonyl (C=O) groups is 2. The molecule has 160 valence electrons. The molecule has 0 unspecified atom stereocenters. The molecule has 0 radical (unpaired) electrons. The number of likely N-dealkylation sites (tertiary alicyclic amines) is 1. The summed E-state index contributed by atoms with van der Waals surface area (Å²) in [4.78, 5) is 28.3. The number of halogens is 1. The van der Waals surface area contributed by atoms with Crippen LogP contribution in [-0.4, -0.2) is 42.3 Å². The molecule has 1 amide bonds. The van der Waals surface area contributed by atoms with Gasteiger partial charge in [0.1, 0.15) is 0 Å². The van der Waals surface area contributed by atoms with Crippen LogP contribution in [0.1, 0.15) is 63.1 Å². The molecule has 1 saturated carbocycles. The fourth-order valence-corrected chi connectivity index (χ4v) is 4.02. The second-order valence-electron chi connectivity index (χ2n) is 8.59. The zero-order valence-corrected chi connectivity index (χ0v) is 18.6. The van der Waals surface area contributed by atoms with Gasteiger partial charge in [0.05, 0.1) is 5.56 Å². The van der Waals surface area contributed by atoms with Crippen molar-refractivity contribution in [2.24, 2.45) is 5.92 Å². The lowest BCUT2D eigenvalue weighted by Gasteiger charge is -2.33. The third-order valence-electron chi connectivity index (χ3n) is 6.35. The summed E-state index contributed by atoms with van der Waals surface area (Å²) in [7, 11) is 0. The van der Waals surface area contributed by atoms with Gasteiger partial charge in [-0.1, -0.05) is 30.3 Å². The average Bonchev–Trinajstić information content (AvgIpc) is 3.58. The lowest BCUT2D eigenvalue weighted by molar-refractivity contribution is 0.0701. The molecule has 4 nitrogen and oxygen atoms in total. The molecule has 2 aromatic carbocycles. The number of carbonyl (C=O) groups excluding carboxylic acids is 2. The number of nitrogens with zero attached hydrogens (tertiary/aromatic N) is 1. The van der Waals surface area contributed by atoms with E-state index >= 15 is 0 Å². The van der Waals surface area contributed by atoms with Gasteiger partial charge in [-0.2, -0.15) is 0 Å². The molecule has 1 aliphatic carbocycles. The molecule has 0 spiro atoms. The van der Waals surface area contributed by atoms with Gasteiger partial charge >= 0.3 is 0 Å². The van der Waals surface area contributed by atoms with Crippen molar-refractivity contribution in [3.63, 3.8) is 0 Å². The summed E-state index contributed by atoms with van der Waals surface area (Å²) >= 11 is 0. The number of nitrogens with one attached hydrogen (secondary N) is 1. The highest BCUT2D eigenvalue weighted by Crippen LogP contribution is 2.28. The van der Waals surface area contributed by atoms with Crippen molar-refractivity contribution in [2.45, 2.75) is 45.6 Å². The molecule has 2 fully saturated rings. The second kappa shape index (κ2) is 9.76. The smallest absolute Gasteiger partial charge is 0.254 e. The van der Waals surface area contributed by atoms with Crippen LogP contribution in [0, 0.1) is 19.8 Å². The van der Waals surface area contributed by atoms with E-state index in [0.717, 1.165) is 49.5 Å². The second-order valence-corrected chi connectivity index (χ2v) is 8.59. The molecule has 1 N–H and O–H groups in total. The first kappa shape index (κ1) is 22.5. The van der Waals surface area contributed by atoms with Gasteiger partial charge in [0.2, 0.25) is 0 Å². The Morgan fingerprint density at radius 2 is 1.60 bits per heavy atom. The summed E-state index contributed by atoms with van der Waals surface area (Å²) in [6.45, 7) is 6.64. The van der Waals surface area contributed by atoms with Crippen molar-refractivity contribution in [3.05, 3.63) is 70.3 Å². The minimum absolute atomic E-state index is 0. The summed E-state index contributed by atoms with van der Waals surface area (Å²) in [6, 6.07) is 13.5. The predicted octanol–water partition coefficient (Wildman–Crippen LogP) is 4.56. The Kier molecular flexibility index (Phi) is 7.32. The lowest BCUT2D eigenvalue weighted by Crippen LogP contribution is -2.45. The zero-order valence-electron chi connectivity index (χ0n) is 17.8. The lowest BCUT2D eigenvalue weighted by atomic mass is 9.95.